The number of aliphatic hydroxyl groups excluding tert-OH is 1. The third-order valence-electron chi connectivity index (χ3n) is 1.92. The smallest absolute Gasteiger partial charge is 0.233 e. The van der Waals surface area contributed by atoms with E-state index in [0.29, 0.717) is 13.1 Å². The lowest BCUT2D eigenvalue weighted by Gasteiger charge is -2.04. The molecule has 0 atom stereocenters. The number of amides is 1. The Kier molecular flexibility index (Phi) is 10.0. The monoisotopic (exact) mass is 202 g/mol. The second-order valence-electron chi connectivity index (χ2n) is 3.27. The van der Waals surface area contributed by atoms with E-state index >= 15 is 0 Å². The Labute approximate surface area is 86.1 Å². The molecule has 0 aromatic carbocycles. The second kappa shape index (κ2) is 10.5. The molecule has 0 saturated carbocycles. The van der Waals surface area contributed by atoms with Gasteiger partial charge in [-0.05, 0) is 26.3 Å². The van der Waals surface area contributed by atoms with Gasteiger partial charge in [0.05, 0.1) is 6.54 Å². The Bertz CT molecular complexity index is 140. The highest BCUT2D eigenvalue weighted by molar-refractivity contribution is 5.77. The summed E-state index contributed by atoms with van der Waals surface area (Å²) in [6.45, 7) is 4.17. The molecule has 0 rings (SSSR count). The van der Waals surface area contributed by atoms with Crippen molar-refractivity contribution in [1.29, 1.82) is 0 Å². The third-order valence-corrected chi connectivity index (χ3v) is 1.92. The maximum absolute atomic E-state index is 11.0. The van der Waals surface area contributed by atoms with Gasteiger partial charge >= 0.3 is 0 Å². The number of unbranched alkanes of at least 4 members (excludes halogenated alkanes) is 3. The second-order valence-corrected chi connectivity index (χ2v) is 3.27. The maximum atomic E-state index is 11.0. The van der Waals surface area contributed by atoms with Crippen molar-refractivity contribution in [2.75, 3.05) is 26.2 Å². The molecule has 0 aliphatic heterocycles. The highest BCUT2D eigenvalue weighted by atomic mass is 16.2. The van der Waals surface area contributed by atoms with E-state index in [1.54, 1.807) is 0 Å². The molecule has 1 amide bonds. The van der Waals surface area contributed by atoms with Crippen LogP contribution >= 0.6 is 0 Å². The van der Waals surface area contributed by atoms with Crippen LogP contribution in [0.1, 0.15) is 32.6 Å². The SMILES string of the molecule is CCNC(=O)CNCCCCCCO. The third kappa shape index (κ3) is 9.48. The van der Waals surface area contributed by atoms with E-state index in [-0.39, 0.29) is 12.5 Å². The van der Waals surface area contributed by atoms with Crippen LogP contribution in [0.25, 0.3) is 0 Å². The van der Waals surface area contributed by atoms with E-state index in [1.165, 1.54) is 0 Å². The van der Waals surface area contributed by atoms with Crippen LogP contribution in [0, 0.1) is 0 Å². The number of carbonyl (C=O) groups is 1. The topological polar surface area (TPSA) is 61.4 Å². The molecular formula is C10H22N2O2. The molecule has 14 heavy (non-hydrogen) atoms. The Morgan fingerprint density at radius 2 is 1.93 bits per heavy atom. The molecule has 84 valence electrons. The minimum Gasteiger partial charge on any atom is -0.396 e. The number of rotatable bonds is 9. The molecule has 0 bridgehead atoms. The predicted molar refractivity (Wildman–Crippen MR) is 57.1 cm³/mol. The van der Waals surface area contributed by atoms with Gasteiger partial charge in [0.25, 0.3) is 0 Å². The van der Waals surface area contributed by atoms with E-state index in [1.807, 2.05) is 6.92 Å². The fourth-order valence-electron chi connectivity index (χ4n) is 1.18. The van der Waals surface area contributed by atoms with Gasteiger partial charge < -0.3 is 15.7 Å². The van der Waals surface area contributed by atoms with Gasteiger partial charge in [-0.1, -0.05) is 12.8 Å². The number of nitrogens with one attached hydrogen (secondary N) is 2. The lowest BCUT2D eigenvalue weighted by molar-refractivity contribution is -0.120. The van der Waals surface area contributed by atoms with Crippen molar-refractivity contribution in [2.45, 2.75) is 32.6 Å². The molecule has 0 unspecified atom stereocenters. The quantitative estimate of drug-likeness (QED) is 0.470. The Morgan fingerprint density at radius 3 is 2.57 bits per heavy atom. The molecule has 0 saturated heterocycles. The maximum Gasteiger partial charge on any atom is 0.233 e. The summed E-state index contributed by atoms with van der Waals surface area (Å²) in [7, 11) is 0. The minimum atomic E-state index is 0.0582. The Balaban J connectivity index is 3.01. The first kappa shape index (κ1) is 13.4. The molecule has 0 radical (unpaired) electrons. The average molecular weight is 202 g/mol. The fourth-order valence-corrected chi connectivity index (χ4v) is 1.18. The summed E-state index contributed by atoms with van der Waals surface area (Å²) >= 11 is 0. The molecule has 0 aromatic rings. The van der Waals surface area contributed by atoms with Crippen molar-refractivity contribution in [3.63, 3.8) is 0 Å². The summed E-state index contributed by atoms with van der Waals surface area (Å²) < 4.78 is 0. The molecule has 0 spiro atoms. The summed E-state index contributed by atoms with van der Waals surface area (Å²) in [5, 5.41) is 14.3. The van der Waals surface area contributed by atoms with E-state index in [0.717, 1.165) is 32.2 Å². The van der Waals surface area contributed by atoms with Crippen LogP contribution in [-0.2, 0) is 4.79 Å². The molecule has 4 heteroatoms. The molecule has 3 N–H and O–H groups in total. The molecule has 0 aliphatic rings. The summed E-state index contributed by atoms with van der Waals surface area (Å²) in [6.07, 6.45) is 4.14. The van der Waals surface area contributed by atoms with Crippen molar-refractivity contribution in [3.8, 4) is 0 Å². The largest absolute Gasteiger partial charge is 0.396 e. The number of likely N-dealkylation sites (N-methyl/N-ethyl adjacent to an activating group) is 1. The Hall–Kier alpha value is -0.610. The molecule has 0 fully saturated rings. The first-order valence-corrected chi connectivity index (χ1v) is 5.39. The lowest BCUT2D eigenvalue weighted by atomic mass is 10.2. The van der Waals surface area contributed by atoms with Gasteiger partial charge in [0, 0.05) is 13.2 Å². The minimum absolute atomic E-state index is 0.0582. The lowest BCUT2D eigenvalue weighted by Crippen LogP contribution is -2.33. The number of hydrogen-bond donors (Lipinski definition) is 3. The van der Waals surface area contributed by atoms with Gasteiger partial charge in [0.1, 0.15) is 0 Å². The van der Waals surface area contributed by atoms with E-state index < -0.39 is 0 Å². The van der Waals surface area contributed by atoms with Crippen LogP contribution in [0.5, 0.6) is 0 Å². The van der Waals surface area contributed by atoms with Crippen molar-refractivity contribution < 1.29 is 9.90 Å². The zero-order valence-corrected chi connectivity index (χ0v) is 9.01. The van der Waals surface area contributed by atoms with Gasteiger partial charge in [-0.3, -0.25) is 4.79 Å². The molecular weight excluding hydrogens is 180 g/mol. The van der Waals surface area contributed by atoms with Gasteiger partial charge in [-0.25, -0.2) is 0 Å². The van der Waals surface area contributed by atoms with Crippen LogP contribution in [-0.4, -0.2) is 37.3 Å². The predicted octanol–water partition coefficient (Wildman–Crippen LogP) is 0.265. The number of hydrogen-bond acceptors (Lipinski definition) is 3. The zero-order chi connectivity index (χ0) is 10.6. The number of carbonyl (C=O) groups excluding carboxylic acids is 1. The summed E-state index contributed by atoms with van der Waals surface area (Å²) in [5.41, 5.74) is 0. The van der Waals surface area contributed by atoms with Crippen LogP contribution in [0.4, 0.5) is 0 Å². The molecule has 0 heterocycles. The summed E-state index contributed by atoms with van der Waals surface area (Å²) in [4.78, 5) is 11.0. The van der Waals surface area contributed by atoms with Gasteiger partial charge in [-0.15, -0.1) is 0 Å². The summed E-state index contributed by atoms with van der Waals surface area (Å²) in [6, 6.07) is 0. The van der Waals surface area contributed by atoms with Gasteiger partial charge in [-0.2, -0.15) is 0 Å². The van der Waals surface area contributed by atoms with Gasteiger partial charge in [0.15, 0.2) is 0 Å². The molecule has 0 aromatic heterocycles. The standard InChI is InChI=1S/C10H22N2O2/c1-2-12-10(14)9-11-7-5-3-4-6-8-13/h11,13H,2-9H2,1H3,(H,12,14). The van der Waals surface area contributed by atoms with Crippen LogP contribution in [0.2, 0.25) is 0 Å². The zero-order valence-electron chi connectivity index (χ0n) is 9.01. The van der Waals surface area contributed by atoms with Crippen molar-refractivity contribution in [3.05, 3.63) is 0 Å². The first-order chi connectivity index (χ1) is 6.81. The normalized spacial score (nSPS) is 10.1. The van der Waals surface area contributed by atoms with Crippen molar-refractivity contribution >= 4 is 5.91 Å². The van der Waals surface area contributed by atoms with Crippen LogP contribution in [0.3, 0.4) is 0 Å². The first-order valence-electron chi connectivity index (χ1n) is 5.39. The van der Waals surface area contributed by atoms with Crippen molar-refractivity contribution in [2.24, 2.45) is 0 Å². The van der Waals surface area contributed by atoms with E-state index in [4.69, 9.17) is 5.11 Å². The Morgan fingerprint density at radius 1 is 1.21 bits per heavy atom. The highest BCUT2D eigenvalue weighted by Gasteiger charge is 1.96. The highest BCUT2D eigenvalue weighted by Crippen LogP contribution is 1.97. The van der Waals surface area contributed by atoms with E-state index in [2.05, 4.69) is 10.6 Å². The van der Waals surface area contributed by atoms with Gasteiger partial charge in [0.2, 0.25) is 5.91 Å². The number of aliphatic hydroxyl groups is 1. The molecule has 0 aliphatic carbocycles. The van der Waals surface area contributed by atoms with Crippen molar-refractivity contribution in [1.82, 2.24) is 10.6 Å². The fraction of sp³-hybridized carbons (Fsp3) is 0.900. The summed E-state index contributed by atoms with van der Waals surface area (Å²) in [5.74, 6) is 0.0582. The molecule has 4 nitrogen and oxygen atoms in total. The van der Waals surface area contributed by atoms with Crippen LogP contribution in [0.15, 0.2) is 0 Å². The average Bonchev–Trinajstić information content (AvgIpc) is 2.17. The van der Waals surface area contributed by atoms with E-state index in [9.17, 15) is 4.79 Å². The van der Waals surface area contributed by atoms with Crippen LogP contribution < -0.4 is 10.6 Å².